The summed E-state index contributed by atoms with van der Waals surface area (Å²) in [5.74, 6) is 0. The molecule has 3 rings (SSSR count). The molecule has 0 spiro atoms. The summed E-state index contributed by atoms with van der Waals surface area (Å²) in [5.41, 5.74) is 8.94. The molecular weight excluding hydrogens is 224 g/mol. The van der Waals surface area contributed by atoms with E-state index in [0.29, 0.717) is 6.04 Å². The third-order valence-corrected chi connectivity index (χ3v) is 4.63. The molecule has 3 nitrogen and oxygen atoms in total. The SMILES string of the molecule is COC1(CNC2CC(N)c3ccccc32)CCC1. The average Bonchev–Trinajstić information content (AvgIpc) is 2.67. The molecule has 0 saturated heterocycles. The van der Waals surface area contributed by atoms with Gasteiger partial charge in [-0.05, 0) is 36.8 Å². The molecule has 0 aromatic heterocycles. The predicted molar refractivity (Wildman–Crippen MR) is 72.3 cm³/mol. The van der Waals surface area contributed by atoms with Crippen molar-refractivity contribution in [2.75, 3.05) is 13.7 Å². The zero-order valence-corrected chi connectivity index (χ0v) is 11.0. The van der Waals surface area contributed by atoms with Crippen molar-refractivity contribution in [1.82, 2.24) is 5.32 Å². The van der Waals surface area contributed by atoms with E-state index in [1.807, 2.05) is 7.11 Å². The fourth-order valence-electron chi connectivity index (χ4n) is 3.20. The van der Waals surface area contributed by atoms with Gasteiger partial charge in [0.05, 0.1) is 5.60 Å². The van der Waals surface area contributed by atoms with Crippen LogP contribution in [-0.4, -0.2) is 19.3 Å². The van der Waals surface area contributed by atoms with Crippen LogP contribution in [0.3, 0.4) is 0 Å². The smallest absolute Gasteiger partial charge is 0.0802 e. The van der Waals surface area contributed by atoms with Gasteiger partial charge in [-0.1, -0.05) is 24.3 Å². The third kappa shape index (κ3) is 1.96. The van der Waals surface area contributed by atoms with E-state index in [1.165, 1.54) is 30.4 Å². The molecule has 1 aromatic rings. The van der Waals surface area contributed by atoms with E-state index in [-0.39, 0.29) is 11.6 Å². The zero-order chi connectivity index (χ0) is 12.6. The molecule has 0 heterocycles. The molecule has 0 bridgehead atoms. The van der Waals surface area contributed by atoms with Gasteiger partial charge in [0.15, 0.2) is 0 Å². The molecule has 18 heavy (non-hydrogen) atoms. The van der Waals surface area contributed by atoms with Crippen LogP contribution < -0.4 is 11.1 Å². The molecule has 2 atom stereocenters. The maximum absolute atomic E-state index is 6.18. The summed E-state index contributed by atoms with van der Waals surface area (Å²) in [5, 5.41) is 3.66. The summed E-state index contributed by atoms with van der Waals surface area (Å²) >= 11 is 0. The number of fused-ring (bicyclic) bond motifs is 1. The molecule has 2 aliphatic rings. The Labute approximate surface area is 109 Å². The zero-order valence-electron chi connectivity index (χ0n) is 11.0. The average molecular weight is 246 g/mol. The van der Waals surface area contributed by atoms with E-state index in [2.05, 4.69) is 29.6 Å². The van der Waals surface area contributed by atoms with Crippen LogP contribution in [-0.2, 0) is 4.74 Å². The van der Waals surface area contributed by atoms with Gasteiger partial charge in [0.1, 0.15) is 0 Å². The first-order valence-electron chi connectivity index (χ1n) is 6.87. The fourth-order valence-corrected chi connectivity index (χ4v) is 3.20. The Morgan fingerprint density at radius 1 is 1.33 bits per heavy atom. The lowest BCUT2D eigenvalue weighted by Crippen LogP contribution is -2.48. The second kappa shape index (κ2) is 4.65. The van der Waals surface area contributed by atoms with Gasteiger partial charge in [-0.15, -0.1) is 0 Å². The van der Waals surface area contributed by atoms with Crippen LogP contribution >= 0.6 is 0 Å². The highest BCUT2D eigenvalue weighted by Gasteiger charge is 2.38. The molecule has 3 heteroatoms. The topological polar surface area (TPSA) is 47.3 Å². The number of nitrogens with two attached hydrogens (primary N) is 1. The van der Waals surface area contributed by atoms with E-state index in [1.54, 1.807) is 0 Å². The number of ether oxygens (including phenoxy) is 1. The van der Waals surface area contributed by atoms with Crippen molar-refractivity contribution in [2.45, 2.75) is 43.4 Å². The number of nitrogens with one attached hydrogen (secondary N) is 1. The molecule has 0 radical (unpaired) electrons. The largest absolute Gasteiger partial charge is 0.377 e. The lowest BCUT2D eigenvalue weighted by Gasteiger charge is -2.41. The van der Waals surface area contributed by atoms with E-state index < -0.39 is 0 Å². The minimum atomic E-state index is 0.0849. The molecule has 2 aliphatic carbocycles. The molecular formula is C15H22N2O. The van der Waals surface area contributed by atoms with Crippen LogP contribution in [0.5, 0.6) is 0 Å². The fraction of sp³-hybridized carbons (Fsp3) is 0.600. The maximum atomic E-state index is 6.18. The number of benzene rings is 1. The van der Waals surface area contributed by atoms with Crippen molar-refractivity contribution < 1.29 is 4.74 Å². The molecule has 1 fully saturated rings. The second-order valence-electron chi connectivity index (χ2n) is 5.65. The van der Waals surface area contributed by atoms with E-state index in [4.69, 9.17) is 10.5 Å². The normalized spacial score (nSPS) is 28.8. The Bertz CT molecular complexity index is 423. The van der Waals surface area contributed by atoms with Crippen LogP contribution in [0, 0.1) is 0 Å². The molecule has 1 saturated carbocycles. The molecule has 3 N–H and O–H groups in total. The van der Waals surface area contributed by atoms with Gasteiger partial charge in [0.2, 0.25) is 0 Å². The van der Waals surface area contributed by atoms with Crippen LogP contribution in [0.1, 0.15) is 48.9 Å². The van der Waals surface area contributed by atoms with Crippen LogP contribution in [0.25, 0.3) is 0 Å². The Balaban J connectivity index is 1.68. The van der Waals surface area contributed by atoms with Gasteiger partial charge in [-0.25, -0.2) is 0 Å². The predicted octanol–water partition coefficient (Wildman–Crippen LogP) is 2.29. The van der Waals surface area contributed by atoms with Crippen LogP contribution in [0.2, 0.25) is 0 Å². The number of hydrogen-bond acceptors (Lipinski definition) is 3. The first-order chi connectivity index (χ1) is 8.74. The highest BCUT2D eigenvalue weighted by molar-refractivity contribution is 5.37. The van der Waals surface area contributed by atoms with Gasteiger partial charge in [-0.3, -0.25) is 0 Å². The molecule has 0 aliphatic heterocycles. The van der Waals surface area contributed by atoms with Gasteiger partial charge in [-0.2, -0.15) is 0 Å². The molecule has 98 valence electrons. The first-order valence-corrected chi connectivity index (χ1v) is 6.87. The lowest BCUT2D eigenvalue weighted by atomic mass is 9.79. The van der Waals surface area contributed by atoms with Crippen molar-refractivity contribution in [1.29, 1.82) is 0 Å². The summed E-state index contributed by atoms with van der Waals surface area (Å²) in [6, 6.07) is 9.09. The van der Waals surface area contributed by atoms with Gasteiger partial charge in [0.25, 0.3) is 0 Å². The highest BCUT2D eigenvalue weighted by atomic mass is 16.5. The van der Waals surface area contributed by atoms with Gasteiger partial charge >= 0.3 is 0 Å². The Kier molecular flexibility index (Phi) is 3.14. The van der Waals surface area contributed by atoms with Crippen LogP contribution in [0.4, 0.5) is 0 Å². The summed E-state index contributed by atoms with van der Waals surface area (Å²) in [6.07, 6.45) is 4.64. The van der Waals surface area contributed by atoms with Crippen molar-refractivity contribution in [3.05, 3.63) is 35.4 Å². The Hall–Kier alpha value is -0.900. The first kappa shape index (κ1) is 12.2. The highest BCUT2D eigenvalue weighted by Crippen LogP contribution is 2.39. The van der Waals surface area contributed by atoms with Crippen molar-refractivity contribution >= 4 is 0 Å². The number of rotatable bonds is 4. The van der Waals surface area contributed by atoms with Gasteiger partial charge < -0.3 is 15.8 Å². The molecule has 2 unspecified atom stereocenters. The van der Waals surface area contributed by atoms with Gasteiger partial charge in [0, 0.05) is 25.7 Å². The standard InChI is InChI=1S/C15H22N2O/c1-18-15(7-4-8-15)10-17-14-9-13(16)11-5-2-3-6-12(11)14/h2-3,5-6,13-14,17H,4,7-10,16H2,1H3. The Morgan fingerprint density at radius 3 is 2.67 bits per heavy atom. The number of hydrogen-bond donors (Lipinski definition) is 2. The quantitative estimate of drug-likeness (QED) is 0.857. The minimum Gasteiger partial charge on any atom is -0.377 e. The number of methoxy groups -OCH3 is 1. The summed E-state index contributed by atoms with van der Waals surface area (Å²) in [6.45, 7) is 0.940. The van der Waals surface area contributed by atoms with Crippen molar-refractivity contribution in [3.8, 4) is 0 Å². The van der Waals surface area contributed by atoms with Crippen LogP contribution in [0.15, 0.2) is 24.3 Å². The van der Waals surface area contributed by atoms with E-state index >= 15 is 0 Å². The third-order valence-electron chi connectivity index (χ3n) is 4.63. The summed E-state index contributed by atoms with van der Waals surface area (Å²) < 4.78 is 5.65. The molecule has 0 amide bonds. The van der Waals surface area contributed by atoms with Crippen molar-refractivity contribution in [2.24, 2.45) is 5.73 Å². The summed E-state index contributed by atoms with van der Waals surface area (Å²) in [7, 11) is 1.83. The molecule has 1 aromatic carbocycles. The summed E-state index contributed by atoms with van der Waals surface area (Å²) in [4.78, 5) is 0. The Morgan fingerprint density at radius 2 is 2.06 bits per heavy atom. The van der Waals surface area contributed by atoms with E-state index in [9.17, 15) is 0 Å². The minimum absolute atomic E-state index is 0.0849. The monoisotopic (exact) mass is 246 g/mol. The maximum Gasteiger partial charge on any atom is 0.0802 e. The lowest BCUT2D eigenvalue weighted by molar-refractivity contribution is -0.0709. The van der Waals surface area contributed by atoms with E-state index in [0.717, 1.165) is 13.0 Å². The second-order valence-corrected chi connectivity index (χ2v) is 5.65. The van der Waals surface area contributed by atoms with Crippen molar-refractivity contribution in [3.63, 3.8) is 0 Å².